The Morgan fingerprint density at radius 2 is 2.02 bits per heavy atom. The molecule has 40 heavy (non-hydrogen) atoms. The highest BCUT2D eigenvalue weighted by Crippen LogP contribution is 2.33. The van der Waals surface area contributed by atoms with Crippen molar-refractivity contribution in [2.75, 3.05) is 44.9 Å². The van der Waals surface area contributed by atoms with Crippen LogP contribution in [0.3, 0.4) is 0 Å². The summed E-state index contributed by atoms with van der Waals surface area (Å²) in [6.07, 6.45) is 1.62. The Bertz CT molecular complexity index is 1680. The van der Waals surface area contributed by atoms with E-state index in [4.69, 9.17) is 14.2 Å². The molecule has 1 aromatic heterocycles. The molecule has 12 heteroatoms. The Balaban J connectivity index is 1.65. The lowest BCUT2D eigenvalue weighted by Crippen LogP contribution is -2.40. The molecular formula is C28H28N4O7S. The number of aromatic nitrogens is 1. The molecule has 208 valence electrons. The smallest absolute Gasteiger partial charge is 0.338 e. The van der Waals surface area contributed by atoms with E-state index in [0.29, 0.717) is 63.9 Å². The number of morpholine rings is 1. The van der Waals surface area contributed by atoms with Crippen molar-refractivity contribution in [1.29, 1.82) is 0 Å². The first-order chi connectivity index (χ1) is 19.3. The van der Waals surface area contributed by atoms with E-state index in [1.807, 2.05) is 11.0 Å². The average Bonchev–Trinajstić information content (AvgIpc) is 3.26. The number of ether oxygens (including phenoxy) is 3. The minimum Gasteiger partial charge on any atom is -0.497 e. The van der Waals surface area contributed by atoms with Crippen molar-refractivity contribution < 1.29 is 23.9 Å². The van der Waals surface area contributed by atoms with E-state index < -0.39 is 16.9 Å². The summed E-state index contributed by atoms with van der Waals surface area (Å²) in [7, 11) is 1.54. The van der Waals surface area contributed by atoms with Gasteiger partial charge in [-0.25, -0.2) is 9.79 Å². The number of hydrogen-bond donors (Lipinski definition) is 0. The molecule has 2 aliphatic rings. The summed E-state index contributed by atoms with van der Waals surface area (Å²) in [6.45, 7) is 5.72. The lowest BCUT2D eigenvalue weighted by Gasteiger charge is -2.28. The molecule has 1 fully saturated rings. The molecule has 2 aliphatic heterocycles. The molecule has 0 aliphatic carbocycles. The molecule has 0 amide bonds. The van der Waals surface area contributed by atoms with Crippen molar-refractivity contribution in [3.05, 3.63) is 94.7 Å². The van der Waals surface area contributed by atoms with Crippen LogP contribution >= 0.6 is 11.3 Å². The molecule has 0 bridgehead atoms. The van der Waals surface area contributed by atoms with Gasteiger partial charge in [-0.05, 0) is 49.2 Å². The number of rotatable bonds is 7. The summed E-state index contributed by atoms with van der Waals surface area (Å²) in [5.74, 6) is 0.0188. The number of allylic oxidation sites excluding steroid dienone is 1. The number of benzene rings is 2. The standard InChI is InChI=1S/C28H28N4O7S/c1-4-39-27(34)24-17(2)29-28-31(25(24)19-6-5-7-20(16-19)37-3)26(33)23(40-28)15-18-8-9-21(22(14-18)32(35)36)30-10-12-38-13-11-30/h5-9,14-16,25H,4,10-13H2,1-3H3/b23-15+/t25-/m0/s1. The van der Waals surface area contributed by atoms with E-state index in [9.17, 15) is 19.7 Å². The van der Waals surface area contributed by atoms with Gasteiger partial charge in [0.25, 0.3) is 11.2 Å². The highest BCUT2D eigenvalue weighted by molar-refractivity contribution is 7.07. The van der Waals surface area contributed by atoms with Gasteiger partial charge in [0, 0.05) is 19.2 Å². The van der Waals surface area contributed by atoms with Gasteiger partial charge in [-0.1, -0.05) is 29.5 Å². The monoisotopic (exact) mass is 564 g/mol. The number of hydrogen-bond acceptors (Lipinski definition) is 10. The second-order valence-electron chi connectivity index (χ2n) is 9.18. The van der Waals surface area contributed by atoms with Gasteiger partial charge in [-0.3, -0.25) is 19.5 Å². The number of nitro groups is 1. The van der Waals surface area contributed by atoms with Crippen LogP contribution in [-0.4, -0.2) is 55.5 Å². The fraction of sp³-hybridized carbons (Fsp3) is 0.321. The Kier molecular flexibility index (Phi) is 7.81. The van der Waals surface area contributed by atoms with Crippen LogP contribution in [0.2, 0.25) is 0 Å². The summed E-state index contributed by atoms with van der Waals surface area (Å²) in [5, 5.41) is 11.9. The normalized spacial score (nSPS) is 17.3. The quantitative estimate of drug-likeness (QED) is 0.244. The van der Waals surface area contributed by atoms with Gasteiger partial charge in [0.1, 0.15) is 11.4 Å². The zero-order valence-electron chi connectivity index (χ0n) is 22.3. The van der Waals surface area contributed by atoms with E-state index in [-0.39, 0.29) is 23.4 Å². The van der Waals surface area contributed by atoms with E-state index in [1.54, 1.807) is 57.4 Å². The van der Waals surface area contributed by atoms with Crippen LogP contribution < -0.4 is 24.5 Å². The second kappa shape index (κ2) is 11.4. The van der Waals surface area contributed by atoms with E-state index in [0.717, 1.165) is 11.3 Å². The number of esters is 1. The molecule has 11 nitrogen and oxygen atoms in total. The third-order valence-corrected chi connectivity index (χ3v) is 7.76. The summed E-state index contributed by atoms with van der Waals surface area (Å²) in [5.41, 5.74) is 1.98. The first kappa shape index (κ1) is 27.3. The van der Waals surface area contributed by atoms with Crippen LogP contribution in [0.15, 0.2) is 63.5 Å². The van der Waals surface area contributed by atoms with Crippen LogP contribution in [0.5, 0.6) is 5.75 Å². The van der Waals surface area contributed by atoms with Crippen molar-refractivity contribution >= 4 is 34.8 Å². The average molecular weight is 565 g/mol. The highest BCUT2D eigenvalue weighted by Gasteiger charge is 2.33. The van der Waals surface area contributed by atoms with Crippen LogP contribution in [0.1, 0.15) is 31.0 Å². The number of carbonyl (C=O) groups is 1. The molecular weight excluding hydrogens is 536 g/mol. The van der Waals surface area contributed by atoms with Crippen LogP contribution in [0.4, 0.5) is 11.4 Å². The van der Waals surface area contributed by atoms with Crippen molar-refractivity contribution in [2.24, 2.45) is 4.99 Å². The number of carbonyl (C=O) groups excluding carboxylic acids is 1. The number of thiazole rings is 1. The molecule has 0 radical (unpaired) electrons. The molecule has 2 aromatic carbocycles. The Labute approximate surface area is 233 Å². The molecule has 0 N–H and O–H groups in total. The lowest BCUT2D eigenvalue weighted by molar-refractivity contribution is -0.384. The highest BCUT2D eigenvalue weighted by atomic mass is 32.1. The molecule has 0 spiro atoms. The molecule has 0 saturated carbocycles. The number of nitro benzene ring substituents is 1. The second-order valence-corrected chi connectivity index (χ2v) is 10.2. The molecule has 3 aromatic rings. The maximum atomic E-state index is 13.8. The third kappa shape index (κ3) is 5.15. The summed E-state index contributed by atoms with van der Waals surface area (Å²) in [4.78, 5) is 45.3. The first-order valence-electron chi connectivity index (χ1n) is 12.8. The fourth-order valence-corrected chi connectivity index (χ4v) is 5.96. The van der Waals surface area contributed by atoms with Gasteiger partial charge in [-0.2, -0.15) is 0 Å². The van der Waals surface area contributed by atoms with Gasteiger partial charge >= 0.3 is 5.97 Å². The lowest BCUT2D eigenvalue weighted by atomic mass is 9.95. The summed E-state index contributed by atoms with van der Waals surface area (Å²) >= 11 is 1.16. The zero-order valence-corrected chi connectivity index (χ0v) is 23.1. The van der Waals surface area contributed by atoms with Crippen molar-refractivity contribution in [3.8, 4) is 5.75 Å². The predicted octanol–water partition coefficient (Wildman–Crippen LogP) is 2.55. The summed E-state index contributed by atoms with van der Waals surface area (Å²) in [6, 6.07) is 11.3. The van der Waals surface area contributed by atoms with Crippen molar-refractivity contribution in [2.45, 2.75) is 19.9 Å². The number of fused-ring (bicyclic) bond motifs is 1. The van der Waals surface area contributed by atoms with Crippen molar-refractivity contribution in [1.82, 2.24) is 4.57 Å². The number of nitrogens with zero attached hydrogens (tertiary/aromatic N) is 4. The third-order valence-electron chi connectivity index (χ3n) is 6.77. The Hall–Kier alpha value is -4.29. The van der Waals surface area contributed by atoms with Gasteiger partial charge in [-0.15, -0.1) is 0 Å². The van der Waals surface area contributed by atoms with Gasteiger partial charge < -0.3 is 19.1 Å². The van der Waals surface area contributed by atoms with Crippen LogP contribution in [0.25, 0.3) is 6.08 Å². The predicted molar refractivity (Wildman–Crippen MR) is 150 cm³/mol. The van der Waals surface area contributed by atoms with Crippen LogP contribution in [0, 0.1) is 10.1 Å². The number of methoxy groups -OCH3 is 1. The largest absolute Gasteiger partial charge is 0.497 e. The molecule has 5 rings (SSSR count). The Morgan fingerprint density at radius 3 is 2.73 bits per heavy atom. The first-order valence-corrected chi connectivity index (χ1v) is 13.6. The molecule has 0 unspecified atom stereocenters. The molecule has 1 saturated heterocycles. The minimum absolute atomic E-state index is 0.0434. The SMILES string of the molecule is CCOC(=O)C1=C(C)N=c2s/c(=C/c3ccc(N4CCOCC4)c([N+](=O)[O-])c3)c(=O)n2[C@H]1c1cccc(OC)c1. The zero-order chi connectivity index (χ0) is 28.4. The van der Waals surface area contributed by atoms with E-state index in [2.05, 4.69) is 4.99 Å². The topological polar surface area (TPSA) is 126 Å². The van der Waals surface area contributed by atoms with Gasteiger partial charge in [0.2, 0.25) is 0 Å². The van der Waals surface area contributed by atoms with E-state index in [1.165, 1.54) is 10.6 Å². The summed E-state index contributed by atoms with van der Waals surface area (Å²) < 4.78 is 17.9. The maximum absolute atomic E-state index is 13.8. The molecule has 1 atom stereocenters. The van der Waals surface area contributed by atoms with Gasteiger partial charge in [0.05, 0.1) is 53.7 Å². The van der Waals surface area contributed by atoms with Crippen LogP contribution in [-0.2, 0) is 14.3 Å². The maximum Gasteiger partial charge on any atom is 0.338 e. The molecule has 3 heterocycles. The van der Waals surface area contributed by atoms with Gasteiger partial charge in [0.15, 0.2) is 4.80 Å². The Morgan fingerprint density at radius 1 is 1.25 bits per heavy atom. The number of anilines is 1. The van der Waals surface area contributed by atoms with E-state index >= 15 is 0 Å². The van der Waals surface area contributed by atoms with Crippen molar-refractivity contribution in [3.63, 3.8) is 0 Å². The fourth-order valence-electron chi connectivity index (χ4n) is 4.92. The minimum atomic E-state index is -0.786.